The van der Waals surface area contributed by atoms with Crippen LogP contribution in [0, 0.1) is 6.92 Å². The van der Waals surface area contributed by atoms with Crippen LogP contribution in [0.5, 0.6) is 0 Å². The van der Waals surface area contributed by atoms with E-state index in [0.717, 1.165) is 22.8 Å². The van der Waals surface area contributed by atoms with Crippen LogP contribution in [0.15, 0.2) is 18.3 Å². The van der Waals surface area contributed by atoms with Crippen molar-refractivity contribution >= 4 is 11.3 Å². The molecule has 0 atom stereocenters. The summed E-state index contributed by atoms with van der Waals surface area (Å²) in [6.45, 7) is 6.13. The fourth-order valence-electron chi connectivity index (χ4n) is 1.58. The molecule has 0 fully saturated rings. The number of hydrogen-bond acceptors (Lipinski definition) is 3. The van der Waals surface area contributed by atoms with Crippen molar-refractivity contribution in [3.05, 3.63) is 28.9 Å². The Balaban J connectivity index is 2.29. The highest BCUT2D eigenvalue weighted by atomic mass is 32.1. The van der Waals surface area contributed by atoms with Gasteiger partial charge in [0, 0.05) is 23.0 Å². The molecule has 0 aliphatic carbocycles. The van der Waals surface area contributed by atoms with Gasteiger partial charge in [0.15, 0.2) is 0 Å². The lowest BCUT2D eigenvalue weighted by atomic mass is 10.0. The Kier molecular flexibility index (Phi) is 2.86. The van der Waals surface area contributed by atoms with Gasteiger partial charge in [-0.05, 0) is 32.9 Å². The van der Waals surface area contributed by atoms with Crippen molar-refractivity contribution in [1.82, 2.24) is 9.97 Å². The highest BCUT2D eigenvalue weighted by Crippen LogP contribution is 2.28. The van der Waals surface area contributed by atoms with Crippen LogP contribution < -0.4 is 5.73 Å². The Hall–Kier alpha value is -1.13. The molecule has 16 heavy (non-hydrogen) atoms. The van der Waals surface area contributed by atoms with E-state index >= 15 is 0 Å². The number of aryl methyl sites for hydroxylation is 1. The number of hydrogen-bond donors (Lipinski definition) is 2. The standard InChI is InChI=1S/C12H17N3S/c1-8-10(7-12(2,3)13)16-11(15-8)9-5-4-6-14-9/h4-6,14H,7,13H2,1-3H3. The molecule has 2 aromatic rings. The molecule has 3 N–H and O–H groups in total. The highest BCUT2D eigenvalue weighted by molar-refractivity contribution is 7.15. The lowest BCUT2D eigenvalue weighted by Gasteiger charge is -2.16. The smallest absolute Gasteiger partial charge is 0.140 e. The summed E-state index contributed by atoms with van der Waals surface area (Å²) in [6, 6.07) is 4.02. The second-order valence-corrected chi connectivity index (χ2v) is 5.86. The minimum absolute atomic E-state index is 0.176. The molecule has 0 aromatic carbocycles. The Morgan fingerprint density at radius 1 is 1.50 bits per heavy atom. The second-order valence-electron chi connectivity index (χ2n) is 4.78. The largest absolute Gasteiger partial charge is 0.359 e. The number of aromatic amines is 1. The topological polar surface area (TPSA) is 54.7 Å². The van der Waals surface area contributed by atoms with Gasteiger partial charge in [0.25, 0.3) is 0 Å². The minimum atomic E-state index is -0.176. The van der Waals surface area contributed by atoms with E-state index < -0.39 is 0 Å². The first-order valence-electron chi connectivity index (χ1n) is 5.35. The van der Waals surface area contributed by atoms with Gasteiger partial charge in [-0.2, -0.15) is 0 Å². The maximum Gasteiger partial charge on any atom is 0.140 e. The molecular formula is C12H17N3S. The Bertz CT molecular complexity index is 463. The molecule has 2 rings (SSSR count). The van der Waals surface area contributed by atoms with Crippen molar-refractivity contribution in [2.45, 2.75) is 32.7 Å². The van der Waals surface area contributed by atoms with E-state index in [1.165, 1.54) is 4.88 Å². The molecule has 3 nitrogen and oxygen atoms in total. The number of nitrogens with zero attached hydrogens (tertiary/aromatic N) is 1. The Labute approximate surface area is 99.7 Å². The molecule has 0 aliphatic rings. The van der Waals surface area contributed by atoms with Crippen LogP contribution in [-0.2, 0) is 6.42 Å². The van der Waals surface area contributed by atoms with E-state index in [0.29, 0.717) is 0 Å². The van der Waals surface area contributed by atoms with Gasteiger partial charge < -0.3 is 10.7 Å². The van der Waals surface area contributed by atoms with Gasteiger partial charge in [0.05, 0.1) is 11.4 Å². The van der Waals surface area contributed by atoms with Crippen molar-refractivity contribution in [2.75, 3.05) is 0 Å². The molecule has 0 amide bonds. The van der Waals surface area contributed by atoms with Crippen LogP contribution in [0.25, 0.3) is 10.7 Å². The number of rotatable bonds is 3. The molecule has 2 heterocycles. The van der Waals surface area contributed by atoms with E-state index in [-0.39, 0.29) is 5.54 Å². The van der Waals surface area contributed by atoms with Crippen LogP contribution in [0.4, 0.5) is 0 Å². The maximum atomic E-state index is 6.04. The first-order valence-corrected chi connectivity index (χ1v) is 6.16. The lowest BCUT2D eigenvalue weighted by molar-refractivity contribution is 0.519. The Morgan fingerprint density at radius 3 is 2.81 bits per heavy atom. The molecule has 0 saturated carbocycles. The number of nitrogens with one attached hydrogen (secondary N) is 1. The normalized spacial score (nSPS) is 12.0. The molecule has 2 aromatic heterocycles. The summed E-state index contributed by atoms with van der Waals surface area (Å²) in [7, 11) is 0. The average molecular weight is 235 g/mol. The summed E-state index contributed by atoms with van der Waals surface area (Å²) in [5.41, 5.74) is 8.03. The van der Waals surface area contributed by atoms with Crippen LogP contribution in [-0.4, -0.2) is 15.5 Å². The summed E-state index contributed by atoms with van der Waals surface area (Å²) in [6.07, 6.45) is 2.79. The fourth-order valence-corrected chi connectivity index (χ4v) is 2.87. The molecule has 0 unspecified atom stereocenters. The van der Waals surface area contributed by atoms with Crippen LogP contribution in [0.1, 0.15) is 24.4 Å². The molecule has 0 aliphatic heterocycles. The first-order chi connectivity index (χ1) is 7.46. The number of nitrogens with two attached hydrogens (primary N) is 1. The molecule has 0 saturated heterocycles. The zero-order chi connectivity index (χ0) is 11.8. The molecule has 0 spiro atoms. The molecule has 4 heteroatoms. The molecule has 0 radical (unpaired) electrons. The van der Waals surface area contributed by atoms with Gasteiger partial charge in [0.2, 0.25) is 0 Å². The lowest BCUT2D eigenvalue weighted by Crippen LogP contribution is -2.34. The van der Waals surface area contributed by atoms with Crippen molar-refractivity contribution in [2.24, 2.45) is 5.73 Å². The number of H-pyrrole nitrogens is 1. The van der Waals surface area contributed by atoms with Crippen LogP contribution in [0.3, 0.4) is 0 Å². The van der Waals surface area contributed by atoms with Gasteiger partial charge in [-0.3, -0.25) is 0 Å². The zero-order valence-electron chi connectivity index (χ0n) is 9.87. The molecule has 0 bridgehead atoms. The van der Waals surface area contributed by atoms with Gasteiger partial charge in [0.1, 0.15) is 5.01 Å². The summed E-state index contributed by atoms with van der Waals surface area (Å²) in [5, 5.41) is 1.04. The monoisotopic (exact) mass is 235 g/mol. The summed E-state index contributed by atoms with van der Waals surface area (Å²) >= 11 is 1.72. The first kappa shape index (κ1) is 11.4. The van der Waals surface area contributed by atoms with Gasteiger partial charge in [-0.15, -0.1) is 11.3 Å². The second kappa shape index (κ2) is 4.03. The highest BCUT2D eigenvalue weighted by Gasteiger charge is 2.17. The van der Waals surface area contributed by atoms with Gasteiger partial charge in [-0.1, -0.05) is 0 Å². The average Bonchev–Trinajstić information content (AvgIpc) is 2.73. The van der Waals surface area contributed by atoms with Gasteiger partial charge in [-0.25, -0.2) is 4.98 Å². The van der Waals surface area contributed by atoms with E-state index in [9.17, 15) is 0 Å². The van der Waals surface area contributed by atoms with Crippen molar-refractivity contribution in [1.29, 1.82) is 0 Å². The third kappa shape index (κ3) is 2.51. The molecule has 86 valence electrons. The van der Waals surface area contributed by atoms with E-state index in [2.05, 4.69) is 9.97 Å². The van der Waals surface area contributed by atoms with Crippen molar-refractivity contribution in [3.63, 3.8) is 0 Å². The maximum absolute atomic E-state index is 6.04. The van der Waals surface area contributed by atoms with Crippen LogP contribution in [0.2, 0.25) is 0 Å². The summed E-state index contributed by atoms with van der Waals surface area (Å²) < 4.78 is 0. The van der Waals surface area contributed by atoms with Crippen molar-refractivity contribution in [3.8, 4) is 10.7 Å². The van der Waals surface area contributed by atoms with E-state index in [1.807, 2.05) is 39.1 Å². The Morgan fingerprint density at radius 2 is 2.25 bits per heavy atom. The SMILES string of the molecule is Cc1nc(-c2ccc[nH]2)sc1CC(C)(C)N. The van der Waals surface area contributed by atoms with E-state index in [4.69, 9.17) is 5.73 Å². The van der Waals surface area contributed by atoms with Crippen LogP contribution >= 0.6 is 11.3 Å². The predicted octanol–water partition coefficient (Wildman–Crippen LogP) is 2.73. The third-order valence-electron chi connectivity index (χ3n) is 2.34. The van der Waals surface area contributed by atoms with Crippen molar-refractivity contribution < 1.29 is 0 Å². The summed E-state index contributed by atoms with van der Waals surface area (Å²) in [5.74, 6) is 0. The quantitative estimate of drug-likeness (QED) is 0.859. The van der Waals surface area contributed by atoms with E-state index in [1.54, 1.807) is 11.3 Å². The summed E-state index contributed by atoms with van der Waals surface area (Å²) in [4.78, 5) is 9.02. The minimum Gasteiger partial charge on any atom is -0.359 e. The fraction of sp³-hybridized carbons (Fsp3) is 0.417. The number of thiazole rings is 1. The molecular weight excluding hydrogens is 218 g/mol. The predicted molar refractivity (Wildman–Crippen MR) is 68.6 cm³/mol. The number of aromatic nitrogens is 2. The van der Waals surface area contributed by atoms with Gasteiger partial charge >= 0.3 is 0 Å². The zero-order valence-corrected chi connectivity index (χ0v) is 10.7. The third-order valence-corrected chi connectivity index (χ3v) is 3.53.